The number of carbonyl (C=O) groups excluding carboxylic acids is 1. The van der Waals surface area contributed by atoms with Crippen molar-refractivity contribution in [1.29, 1.82) is 0 Å². The van der Waals surface area contributed by atoms with Gasteiger partial charge in [0.15, 0.2) is 0 Å². The van der Waals surface area contributed by atoms with Crippen molar-refractivity contribution in [3.63, 3.8) is 0 Å². The molecule has 2 aromatic carbocycles. The van der Waals surface area contributed by atoms with Gasteiger partial charge in [0.2, 0.25) is 15.9 Å². The molecular formula is C23H28N2O4S. The van der Waals surface area contributed by atoms with Crippen LogP contribution in [0.15, 0.2) is 59.5 Å². The molecule has 7 heteroatoms. The van der Waals surface area contributed by atoms with Crippen LogP contribution in [-0.2, 0) is 21.4 Å². The highest BCUT2D eigenvalue weighted by Crippen LogP contribution is 2.48. The third-order valence-corrected chi connectivity index (χ3v) is 8.57. The summed E-state index contributed by atoms with van der Waals surface area (Å²) < 4.78 is 27.6. The number of likely N-dealkylation sites (tertiary alicyclic amines) is 1. The van der Waals surface area contributed by atoms with Gasteiger partial charge in [-0.2, -0.15) is 4.31 Å². The number of sulfonamides is 1. The van der Waals surface area contributed by atoms with Gasteiger partial charge in [-0.25, -0.2) is 8.42 Å². The first-order valence-electron chi connectivity index (χ1n) is 10.3. The Morgan fingerprint density at radius 3 is 2.43 bits per heavy atom. The summed E-state index contributed by atoms with van der Waals surface area (Å²) >= 11 is 0. The SMILES string of the molecule is Cc1ccc(S(=O)(=O)N2C[C@@H]3CC(=O)N(Cc4ccccc4)CC[C@]3(C)C2O)cc1. The molecule has 0 saturated carbocycles. The van der Waals surface area contributed by atoms with Crippen molar-refractivity contribution in [1.82, 2.24) is 9.21 Å². The fraction of sp³-hybridized carbons (Fsp3) is 0.435. The van der Waals surface area contributed by atoms with E-state index < -0.39 is 21.7 Å². The minimum absolute atomic E-state index is 0.00867. The van der Waals surface area contributed by atoms with Gasteiger partial charge in [-0.3, -0.25) is 4.79 Å². The van der Waals surface area contributed by atoms with Crippen molar-refractivity contribution in [2.24, 2.45) is 11.3 Å². The van der Waals surface area contributed by atoms with Crippen LogP contribution >= 0.6 is 0 Å². The zero-order chi connectivity index (χ0) is 21.5. The monoisotopic (exact) mass is 428 g/mol. The van der Waals surface area contributed by atoms with Crippen molar-refractivity contribution in [3.8, 4) is 0 Å². The van der Waals surface area contributed by atoms with E-state index in [1.165, 1.54) is 4.31 Å². The van der Waals surface area contributed by atoms with Crippen molar-refractivity contribution in [3.05, 3.63) is 65.7 Å². The highest BCUT2D eigenvalue weighted by Gasteiger charge is 2.55. The number of rotatable bonds is 4. The fourth-order valence-electron chi connectivity index (χ4n) is 4.58. The Hall–Kier alpha value is -2.22. The van der Waals surface area contributed by atoms with Gasteiger partial charge in [0, 0.05) is 31.5 Å². The lowest BCUT2D eigenvalue weighted by atomic mass is 9.75. The number of aryl methyl sites for hydroxylation is 1. The number of nitrogens with zero attached hydrogens (tertiary/aromatic N) is 2. The van der Waals surface area contributed by atoms with Gasteiger partial charge in [-0.15, -0.1) is 0 Å². The van der Waals surface area contributed by atoms with E-state index in [2.05, 4.69) is 0 Å². The van der Waals surface area contributed by atoms with Crippen LogP contribution in [0, 0.1) is 18.3 Å². The molecule has 1 amide bonds. The predicted octanol–water partition coefficient (Wildman–Crippen LogP) is 2.76. The summed E-state index contributed by atoms with van der Waals surface area (Å²) in [6.45, 7) is 4.98. The first-order chi connectivity index (χ1) is 14.2. The molecule has 0 spiro atoms. The molecule has 2 heterocycles. The van der Waals surface area contributed by atoms with Gasteiger partial charge >= 0.3 is 0 Å². The van der Waals surface area contributed by atoms with Crippen LogP contribution in [0.5, 0.6) is 0 Å². The molecule has 0 bridgehead atoms. The Bertz CT molecular complexity index is 1020. The first-order valence-corrected chi connectivity index (χ1v) is 11.7. The molecule has 0 aromatic heterocycles. The van der Waals surface area contributed by atoms with E-state index in [4.69, 9.17) is 0 Å². The Balaban J connectivity index is 1.55. The van der Waals surface area contributed by atoms with Crippen molar-refractivity contribution in [2.75, 3.05) is 13.1 Å². The lowest BCUT2D eigenvalue weighted by molar-refractivity contribution is -0.132. The number of aliphatic hydroxyl groups is 1. The summed E-state index contributed by atoms with van der Waals surface area (Å²) in [4.78, 5) is 14.9. The molecule has 2 fully saturated rings. The predicted molar refractivity (Wildman–Crippen MR) is 114 cm³/mol. The number of carbonyl (C=O) groups is 1. The summed E-state index contributed by atoms with van der Waals surface area (Å²) in [6, 6.07) is 16.5. The number of aliphatic hydroxyl groups excluding tert-OH is 1. The largest absolute Gasteiger partial charge is 0.377 e. The summed E-state index contributed by atoms with van der Waals surface area (Å²) in [6.07, 6.45) is -0.365. The quantitative estimate of drug-likeness (QED) is 0.812. The molecule has 3 atom stereocenters. The smallest absolute Gasteiger partial charge is 0.245 e. The van der Waals surface area contributed by atoms with Gasteiger partial charge in [-0.05, 0) is 37.0 Å². The van der Waals surface area contributed by atoms with E-state index >= 15 is 0 Å². The third kappa shape index (κ3) is 3.66. The lowest BCUT2D eigenvalue weighted by Gasteiger charge is -2.33. The summed E-state index contributed by atoms with van der Waals surface area (Å²) in [5.41, 5.74) is 1.36. The highest BCUT2D eigenvalue weighted by molar-refractivity contribution is 7.89. The Morgan fingerprint density at radius 2 is 1.77 bits per heavy atom. The Labute approximate surface area is 178 Å². The molecular weight excluding hydrogens is 400 g/mol. The van der Waals surface area contributed by atoms with Gasteiger partial charge in [0.1, 0.15) is 6.23 Å². The van der Waals surface area contributed by atoms with Crippen LogP contribution in [0.3, 0.4) is 0 Å². The molecule has 1 N–H and O–H groups in total. The molecule has 6 nitrogen and oxygen atoms in total. The molecule has 0 aliphatic carbocycles. The average Bonchev–Trinajstić information content (AvgIpc) is 2.90. The second-order valence-corrected chi connectivity index (χ2v) is 10.6. The van der Waals surface area contributed by atoms with Crippen LogP contribution < -0.4 is 0 Å². The summed E-state index contributed by atoms with van der Waals surface area (Å²) in [5, 5.41) is 11.1. The third-order valence-electron chi connectivity index (χ3n) is 6.73. The molecule has 160 valence electrons. The van der Waals surface area contributed by atoms with E-state index in [1.54, 1.807) is 24.3 Å². The van der Waals surface area contributed by atoms with Crippen LogP contribution in [0.1, 0.15) is 30.9 Å². The summed E-state index contributed by atoms with van der Waals surface area (Å²) in [5.74, 6) is -0.213. The fourth-order valence-corrected chi connectivity index (χ4v) is 6.21. The maximum Gasteiger partial charge on any atom is 0.245 e. The average molecular weight is 429 g/mol. The van der Waals surface area contributed by atoms with E-state index in [-0.39, 0.29) is 29.7 Å². The van der Waals surface area contributed by atoms with Crippen molar-refractivity contribution in [2.45, 2.75) is 44.4 Å². The van der Waals surface area contributed by atoms with Crippen LogP contribution in [0.2, 0.25) is 0 Å². The molecule has 30 heavy (non-hydrogen) atoms. The van der Waals surface area contributed by atoms with E-state index in [9.17, 15) is 18.3 Å². The Kier molecular flexibility index (Phi) is 5.46. The Morgan fingerprint density at radius 1 is 1.10 bits per heavy atom. The number of amides is 1. The van der Waals surface area contributed by atoms with Gasteiger partial charge < -0.3 is 10.0 Å². The molecule has 0 radical (unpaired) electrons. The molecule has 4 rings (SSSR count). The summed E-state index contributed by atoms with van der Waals surface area (Å²) in [7, 11) is -3.83. The molecule has 2 aromatic rings. The minimum Gasteiger partial charge on any atom is -0.377 e. The molecule has 1 unspecified atom stereocenters. The zero-order valence-electron chi connectivity index (χ0n) is 17.4. The lowest BCUT2D eigenvalue weighted by Crippen LogP contribution is -2.42. The van der Waals surface area contributed by atoms with Crippen LogP contribution in [-0.4, -0.2) is 48.0 Å². The second kappa shape index (κ2) is 7.80. The van der Waals surface area contributed by atoms with E-state index in [1.807, 2.05) is 49.1 Å². The zero-order valence-corrected chi connectivity index (χ0v) is 18.2. The maximum absolute atomic E-state index is 13.2. The number of fused-ring (bicyclic) bond motifs is 1. The van der Waals surface area contributed by atoms with Crippen LogP contribution in [0.25, 0.3) is 0 Å². The number of hydrogen-bond donors (Lipinski definition) is 1. The normalized spacial score (nSPS) is 27.7. The van der Waals surface area contributed by atoms with Gasteiger partial charge in [-0.1, -0.05) is 55.0 Å². The standard InChI is InChI=1S/C23H28N2O4S/c1-17-8-10-20(11-9-17)30(28,29)25-16-19-14-21(26)24(13-12-23(19,2)22(25)27)15-18-6-4-3-5-7-18/h3-11,19,22,27H,12-16H2,1-2H3/t19-,22?,23-/m0/s1. The number of hydrogen-bond acceptors (Lipinski definition) is 4. The highest BCUT2D eigenvalue weighted by atomic mass is 32.2. The van der Waals surface area contributed by atoms with E-state index in [0.29, 0.717) is 19.5 Å². The van der Waals surface area contributed by atoms with E-state index in [0.717, 1.165) is 11.1 Å². The molecule has 2 aliphatic heterocycles. The molecule has 2 aliphatic rings. The van der Waals surface area contributed by atoms with Crippen molar-refractivity contribution >= 4 is 15.9 Å². The topological polar surface area (TPSA) is 77.9 Å². The van der Waals surface area contributed by atoms with Gasteiger partial charge in [0.05, 0.1) is 4.90 Å². The maximum atomic E-state index is 13.2. The van der Waals surface area contributed by atoms with Crippen LogP contribution in [0.4, 0.5) is 0 Å². The van der Waals surface area contributed by atoms with Crippen molar-refractivity contribution < 1.29 is 18.3 Å². The number of benzene rings is 2. The molecule has 2 saturated heterocycles. The second-order valence-electron chi connectivity index (χ2n) is 8.72. The van der Waals surface area contributed by atoms with Gasteiger partial charge in [0.25, 0.3) is 0 Å². The first kappa shape index (κ1) is 21.0. The minimum atomic E-state index is -3.83.